The van der Waals surface area contributed by atoms with Crippen molar-refractivity contribution in [3.05, 3.63) is 59.7 Å². The van der Waals surface area contributed by atoms with Gasteiger partial charge in [-0.05, 0) is 50.6 Å². The van der Waals surface area contributed by atoms with Crippen molar-refractivity contribution in [2.75, 3.05) is 13.7 Å². The number of amides is 3. The van der Waals surface area contributed by atoms with Crippen LogP contribution in [0.4, 0.5) is 0 Å². The van der Waals surface area contributed by atoms with Crippen molar-refractivity contribution < 1.29 is 27.5 Å². The molecule has 0 aliphatic carbocycles. The minimum absolute atomic E-state index is 0.0256. The number of rotatable bonds is 8. The van der Waals surface area contributed by atoms with Crippen LogP contribution in [-0.4, -0.2) is 61.1 Å². The molecule has 0 radical (unpaired) electrons. The summed E-state index contributed by atoms with van der Waals surface area (Å²) in [5, 5.41) is 2.76. The van der Waals surface area contributed by atoms with Gasteiger partial charge in [0.15, 0.2) is 0 Å². The fourth-order valence-electron chi connectivity index (χ4n) is 3.52. The fraction of sp³-hybridized carbons (Fsp3) is 0.348. The molecule has 1 heterocycles. The third-order valence-corrected chi connectivity index (χ3v) is 7.09. The van der Waals surface area contributed by atoms with Gasteiger partial charge in [0.05, 0.1) is 12.7 Å². The number of sulfonamides is 1. The van der Waals surface area contributed by atoms with Crippen LogP contribution in [0.5, 0.6) is 5.75 Å². The lowest BCUT2D eigenvalue weighted by atomic mass is 10.1. The highest BCUT2D eigenvalue weighted by Gasteiger charge is 2.43. The first-order chi connectivity index (χ1) is 15.6. The predicted octanol–water partition coefficient (Wildman–Crippen LogP) is 1.78. The molecular formula is C23H27N3O6S. The lowest BCUT2D eigenvalue weighted by molar-refractivity contribution is -0.140. The highest BCUT2D eigenvalue weighted by molar-refractivity contribution is 7.90. The van der Waals surface area contributed by atoms with Gasteiger partial charge in [0.2, 0.25) is 11.8 Å². The largest absolute Gasteiger partial charge is 0.497 e. The highest BCUT2D eigenvalue weighted by atomic mass is 32.2. The molecule has 33 heavy (non-hydrogen) atoms. The Hall–Kier alpha value is -3.40. The monoisotopic (exact) mass is 473 g/mol. The smallest absolute Gasteiger partial charge is 0.269 e. The van der Waals surface area contributed by atoms with Gasteiger partial charge < -0.3 is 15.0 Å². The number of carbonyl (C=O) groups excluding carboxylic acids is 3. The van der Waals surface area contributed by atoms with Crippen LogP contribution < -0.4 is 10.1 Å². The molecule has 1 aliphatic rings. The lowest BCUT2D eigenvalue weighted by Gasteiger charge is -2.30. The van der Waals surface area contributed by atoms with Crippen molar-refractivity contribution in [3.8, 4) is 5.75 Å². The molecule has 0 bridgehead atoms. The summed E-state index contributed by atoms with van der Waals surface area (Å²) < 4.78 is 31.5. The first-order valence-electron chi connectivity index (χ1n) is 10.4. The number of carbonyl (C=O) groups is 3. The van der Waals surface area contributed by atoms with E-state index in [1.807, 2.05) is 0 Å². The number of hydrogen-bond acceptors (Lipinski definition) is 6. The average molecular weight is 474 g/mol. The molecular weight excluding hydrogens is 446 g/mol. The van der Waals surface area contributed by atoms with Crippen molar-refractivity contribution in [2.45, 2.75) is 44.3 Å². The van der Waals surface area contributed by atoms with Crippen LogP contribution in [0.15, 0.2) is 53.4 Å². The second-order valence-corrected chi connectivity index (χ2v) is 9.85. The number of hydrogen-bond donors (Lipinski definition) is 1. The molecule has 3 amide bonds. The van der Waals surface area contributed by atoms with Crippen LogP contribution in [0, 0.1) is 0 Å². The number of ether oxygens (including phenoxy) is 1. The van der Waals surface area contributed by atoms with Crippen molar-refractivity contribution in [3.63, 3.8) is 0 Å². The first-order valence-corrected chi connectivity index (χ1v) is 11.9. The standard InChI is InChI=1S/C23H27N3O6S/c1-15(2)24-22(28)16(3)25(13-17-9-11-18(32-4)12-10-17)21(27)14-26-23(29)19-7-5-6-8-20(19)33(26,30)31/h5-12,15-16H,13-14H2,1-4H3,(H,24,28)/t16-/m0/s1. The van der Waals surface area contributed by atoms with E-state index in [4.69, 9.17) is 4.74 Å². The SMILES string of the molecule is COc1ccc(CN(C(=O)CN2C(=O)c3ccccc3S2(=O)=O)[C@@H](C)C(=O)NC(C)C)cc1. The Kier molecular flexibility index (Phi) is 7.06. The minimum Gasteiger partial charge on any atom is -0.497 e. The summed E-state index contributed by atoms with van der Waals surface area (Å²) in [6.45, 7) is 4.50. The number of nitrogens with zero attached hydrogens (tertiary/aromatic N) is 2. The van der Waals surface area contributed by atoms with Crippen LogP contribution in [0.3, 0.4) is 0 Å². The van der Waals surface area contributed by atoms with Gasteiger partial charge in [0.25, 0.3) is 15.9 Å². The predicted molar refractivity (Wildman–Crippen MR) is 121 cm³/mol. The maximum Gasteiger partial charge on any atom is 0.269 e. The van der Waals surface area contributed by atoms with Crippen LogP contribution in [-0.2, 0) is 26.2 Å². The molecule has 9 nitrogen and oxygen atoms in total. The van der Waals surface area contributed by atoms with Gasteiger partial charge in [0, 0.05) is 12.6 Å². The molecule has 0 fully saturated rings. The summed E-state index contributed by atoms with van der Waals surface area (Å²) in [4.78, 5) is 39.9. The van der Waals surface area contributed by atoms with E-state index in [0.29, 0.717) is 15.6 Å². The molecule has 1 aliphatic heterocycles. The normalized spacial score (nSPS) is 15.2. The third-order valence-electron chi connectivity index (χ3n) is 5.30. The molecule has 2 aromatic rings. The molecule has 3 rings (SSSR count). The second kappa shape index (κ2) is 9.62. The number of fused-ring (bicyclic) bond motifs is 1. The quantitative estimate of drug-likeness (QED) is 0.625. The van der Waals surface area contributed by atoms with Crippen molar-refractivity contribution in [1.82, 2.24) is 14.5 Å². The van der Waals surface area contributed by atoms with Crippen molar-refractivity contribution in [2.24, 2.45) is 0 Å². The van der Waals surface area contributed by atoms with E-state index in [2.05, 4.69) is 5.32 Å². The molecule has 1 N–H and O–H groups in total. The molecule has 0 spiro atoms. The first kappa shape index (κ1) is 24.2. The van der Waals surface area contributed by atoms with Gasteiger partial charge in [-0.15, -0.1) is 0 Å². The number of benzene rings is 2. The molecule has 0 saturated heterocycles. The van der Waals surface area contributed by atoms with E-state index < -0.39 is 34.4 Å². The Morgan fingerprint density at radius 3 is 2.27 bits per heavy atom. The Morgan fingerprint density at radius 2 is 1.70 bits per heavy atom. The van der Waals surface area contributed by atoms with E-state index in [1.54, 1.807) is 51.1 Å². The van der Waals surface area contributed by atoms with E-state index >= 15 is 0 Å². The van der Waals surface area contributed by atoms with E-state index in [1.165, 1.54) is 30.2 Å². The second-order valence-electron chi connectivity index (χ2n) is 8.02. The zero-order chi connectivity index (χ0) is 24.3. The summed E-state index contributed by atoms with van der Waals surface area (Å²) in [6, 6.07) is 11.7. The van der Waals surface area contributed by atoms with Crippen molar-refractivity contribution >= 4 is 27.7 Å². The van der Waals surface area contributed by atoms with Crippen LogP contribution in [0.25, 0.3) is 0 Å². The Morgan fingerprint density at radius 1 is 1.06 bits per heavy atom. The van der Waals surface area contributed by atoms with E-state index in [9.17, 15) is 22.8 Å². The summed E-state index contributed by atoms with van der Waals surface area (Å²) >= 11 is 0. The molecule has 10 heteroatoms. The molecule has 0 aromatic heterocycles. The Labute approximate surface area is 193 Å². The maximum atomic E-state index is 13.3. The Bertz CT molecular complexity index is 1160. The van der Waals surface area contributed by atoms with Crippen molar-refractivity contribution in [1.29, 1.82) is 0 Å². The fourth-order valence-corrected chi connectivity index (χ4v) is 5.03. The molecule has 176 valence electrons. The van der Waals surface area contributed by atoms with Crippen LogP contribution in [0.2, 0.25) is 0 Å². The highest BCUT2D eigenvalue weighted by Crippen LogP contribution is 2.30. The van der Waals surface area contributed by atoms with Crippen LogP contribution >= 0.6 is 0 Å². The number of nitrogens with one attached hydrogen (secondary N) is 1. The van der Waals surface area contributed by atoms with Gasteiger partial charge in [0.1, 0.15) is 23.2 Å². The molecule has 1 atom stereocenters. The Balaban J connectivity index is 1.88. The van der Waals surface area contributed by atoms with Gasteiger partial charge >= 0.3 is 0 Å². The van der Waals surface area contributed by atoms with Gasteiger partial charge in [-0.3, -0.25) is 14.4 Å². The van der Waals surface area contributed by atoms with E-state index in [-0.39, 0.29) is 29.0 Å². The third kappa shape index (κ3) is 5.00. The summed E-state index contributed by atoms with van der Waals surface area (Å²) in [6.07, 6.45) is 0. The van der Waals surface area contributed by atoms with Gasteiger partial charge in [-0.25, -0.2) is 12.7 Å². The van der Waals surface area contributed by atoms with Gasteiger partial charge in [-0.1, -0.05) is 24.3 Å². The van der Waals surface area contributed by atoms with Crippen LogP contribution in [0.1, 0.15) is 36.7 Å². The van der Waals surface area contributed by atoms with Gasteiger partial charge in [-0.2, -0.15) is 0 Å². The topological polar surface area (TPSA) is 113 Å². The minimum atomic E-state index is -4.15. The molecule has 2 aromatic carbocycles. The molecule has 0 unspecified atom stereocenters. The summed E-state index contributed by atoms with van der Waals surface area (Å²) in [5.41, 5.74) is 0.741. The molecule has 0 saturated carbocycles. The zero-order valence-corrected chi connectivity index (χ0v) is 19.8. The zero-order valence-electron chi connectivity index (χ0n) is 18.9. The number of methoxy groups -OCH3 is 1. The van der Waals surface area contributed by atoms with E-state index in [0.717, 1.165) is 0 Å². The summed E-state index contributed by atoms with van der Waals surface area (Å²) in [5.74, 6) is -1.18. The average Bonchev–Trinajstić information content (AvgIpc) is 2.97. The lowest BCUT2D eigenvalue weighted by Crippen LogP contribution is -2.52. The summed E-state index contributed by atoms with van der Waals surface area (Å²) in [7, 11) is -2.62. The maximum absolute atomic E-state index is 13.3.